The fourth-order valence-corrected chi connectivity index (χ4v) is 3.07. The number of fused-ring (bicyclic) bond motifs is 1. The zero-order chi connectivity index (χ0) is 18.0. The number of hydrogen-bond acceptors (Lipinski definition) is 4. The average Bonchev–Trinajstić information content (AvgIpc) is 3.00. The van der Waals surface area contributed by atoms with Crippen LogP contribution >= 0.6 is 11.6 Å². The van der Waals surface area contributed by atoms with Gasteiger partial charge in [0.25, 0.3) is 0 Å². The quantitative estimate of drug-likeness (QED) is 0.884. The molecule has 134 valence electrons. The second-order valence-electron chi connectivity index (χ2n) is 6.63. The van der Waals surface area contributed by atoms with Crippen molar-refractivity contribution in [2.24, 2.45) is 0 Å². The lowest BCUT2D eigenvalue weighted by Gasteiger charge is -2.27. The molecule has 1 aliphatic heterocycles. The van der Waals surface area contributed by atoms with Gasteiger partial charge in [-0.05, 0) is 23.8 Å². The van der Waals surface area contributed by atoms with Crippen LogP contribution in [0.3, 0.4) is 0 Å². The summed E-state index contributed by atoms with van der Waals surface area (Å²) >= 11 is 5.93. The molecule has 0 fully saturated rings. The summed E-state index contributed by atoms with van der Waals surface area (Å²) in [6, 6.07) is 9.79. The Balaban J connectivity index is 1.64. The van der Waals surface area contributed by atoms with E-state index in [4.69, 9.17) is 11.6 Å². The maximum Gasteiger partial charge on any atom is 0.225 e. The minimum absolute atomic E-state index is 0.0535. The van der Waals surface area contributed by atoms with Gasteiger partial charge in [0.05, 0.1) is 24.4 Å². The van der Waals surface area contributed by atoms with Crippen LogP contribution in [0.5, 0.6) is 0 Å². The predicted octanol–water partition coefficient (Wildman–Crippen LogP) is 2.06. The lowest BCUT2D eigenvalue weighted by atomic mass is 10.1. The van der Waals surface area contributed by atoms with Crippen LogP contribution in [0.2, 0.25) is 5.02 Å². The molecule has 2 aromatic rings. The molecule has 1 aromatic carbocycles. The lowest BCUT2D eigenvalue weighted by Crippen LogP contribution is -2.33. The van der Waals surface area contributed by atoms with E-state index in [-0.39, 0.29) is 12.3 Å². The Bertz CT molecular complexity index is 742. The Morgan fingerprint density at radius 1 is 1.32 bits per heavy atom. The van der Waals surface area contributed by atoms with Crippen molar-refractivity contribution in [1.82, 2.24) is 19.6 Å². The zero-order valence-corrected chi connectivity index (χ0v) is 15.3. The molecule has 6 nitrogen and oxygen atoms in total. The maximum atomic E-state index is 11.8. The van der Waals surface area contributed by atoms with E-state index in [1.54, 1.807) is 14.1 Å². The predicted molar refractivity (Wildman–Crippen MR) is 96.1 cm³/mol. The standard InChI is InChI=1S/C18H23ClN4O2/c1-21(2)18(25)10-17(24)16-9-15-12-22(7-8-23(15)20-16)11-13-3-5-14(19)6-4-13/h3-6,9,17,24H,7-8,10-12H2,1-2H3. The van der Waals surface area contributed by atoms with E-state index in [9.17, 15) is 9.90 Å². The molecule has 0 bridgehead atoms. The summed E-state index contributed by atoms with van der Waals surface area (Å²) in [6.45, 7) is 3.28. The summed E-state index contributed by atoms with van der Waals surface area (Å²) in [6.07, 6.45) is -0.810. The Morgan fingerprint density at radius 3 is 2.72 bits per heavy atom. The summed E-state index contributed by atoms with van der Waals surface area (Å²) < 4.78 is 1.93. The third-order valence-corrected chi connectivity index (χ3v) is 4.68. The Hall–Kier alpha value is -1.89. The van der Waals surface area contributed by atoms with Crippen LogP contribution < -0.4 is 0 Å². The molecule has 2 heterocycles. The second-order valence-corrected chi connectivity index (χ2v) is 7.07. The fraction of sp³-hybridized carbons (Fsp3) is 0.444. The maximum absolute atomic E-state index is 11.8. The molecule has 0 aliphatic carbocycles. The van der Waals surface area contributed by atoms with E-state index in [0.717, 1.165) is 36.9 Å². The summed E-state index contributed by atoms with van der Waals surface area (Å²) in [5, 5.41) is 15.5. The molecule has 0 saturated heterocycles. The SMILES string of the molecule is CN(C)C(=O)CC(O)c1cc2n(n1)CCN(Cc1ccc(Cl)cc1)C2. The smallest absolute Gasteiger partial charge is 0.225 e. The number of aliphatic hydroxyl groups is 1. The van der Waals surface area contributed by atoms with Crippen molar-refractivity contribution < 1.29 is 9.90 Å². The molecular formula is C18H23ClN4O2. The molecule has 1 amide bonds. The summed E-state index contributed by atoms with van der Waals surface area (Å²) in [5.74, 6) is -0.108. The van der Waals surface area contributed by atoms with Crippen molar-refractivity contribution in [2.75, 3.05) is 20.6 Å². The minimum atomic E-state index is -0.863. The number of hydrogen-bond donors (Lipinski definition) is 1. The van der Waals surface area contributed by atoms with Gasteiger partial charge in [-0.3, -0.25) is 14.4 Å². The third-order valence-electron chi connectivity index (χ3n) is 4.42. The number of amides is 1. The van der Waals surface area contributed by atoms with Crippen molar-refractivity contribution in [3.63, 3.8) is 0 Å². The fourth-order valence-electron chi connectivity index (χ4n) is 2.94. The van der Waals surface area contributed by atoms with E-state index in [2.05, 4.69) is 10.00 Å². The van der Waals surface area contributed by atoms with Crippen LogP contribution in [0.15, 0.2) is 30.3 Å². The second kappa shape index (κ2) is 7.56. The van der Waals surface area contributed by atoms with E-state index in [1.807, 2.05) is 35.0 Å². The average molecular weight is 363 g/mol. The van der Waals surface area contributed by atoms with Gasteiger partial charge < -0.3 is 10.0 Å². The highest BCUT2D eigenvalue weighted by Gasteiger charge is 2.23. The topological polar surface area (TPSA) is 61.6 Å². The van der Waals surface area contributed by atoms with Crippen LogP contribution in [0.25, 0.3) is 0 Å². The highest BCUT2D eigenvalue weighted by molar-refractivity contribution is 6.30. The molecule has 25 heavy (non-hydrogen) atoms. The first-order valence-electron chi connectivity index (χ1n) is 8.34. The Morgan fingerprint density at radius 2 is 2.04 bits per heavy atom. The van der Waals surface area contributed by atoms with Crippen LogP contribution in [0.4, 0.5) is 0 Å². The first kappa shape index (κ1) is 17.9. The van der Waals surface area contributed by atoms with Crippen LogP contribution in [0.1, 0.15) is 29.5 Å². The van der Waals surface area contributed by atoms with Gasteiger partial charge in [0.2, 0.25) is 5.91 Å². The van der Waals surface area contributed by atoms with Crippen molar-refractivity contribution in [1.29, 1.82) is 0 Å². The van der Waals surface area contributed by atoms with Crippen molar-refractivity contribution >= 4 is 17.5 Å². The van der Waals surface area contributed by atoms with E-state index >= 15 is 0 Å². The Labute approximate surface area is 152 Å². The molecule has 7 heteroatoms. The first-order valence-corrected chi connectivity index (χ1v) is 8.72. The van der Waals surface area contributed by atoms with Gasteiger partial charge >= 0.3 is 0 Å². The molecular weight excluding hydrogens is 340 g/mol. The number of nitrogens with zero attached hydrogens (tertiary/aromatic N) is 4. The van der Waals surface area contributed by atoms with Crippen molar-refractivity contribution in [2.45, 2.75) is 32.2 Å². The van der Waals surface area contributed by atoms with Crippen LogP contribution in [-0.2, 0) is 24.4 Å². The first-order chi connectivity index (χ1) is 11.9. The zero-order valence-electron chi connectivity index (χ0n) is 14.5. The molecule has 0 saturated carbocycles. The lowest BCUT2D eigenvalue weighted by molar-refractivity contribution is -0.130. The number of aromatic nitrogens is 2. The van der Waals surface area contributed by atoms with Gasteiger partial charge in [0.1, 0.15) is 6.10 Å². The molecule has 1 unspecified atom stereocenters. The number of aliphatic hydroxyl groups excluding tert-OH is 1. The highest BCUT2D eigenvalue weighted by Crippen LogP contribution is 2.22. The number of benzene rings is 1. The van der Waals surface area contributed by atoms with Gasteiger partial charge in [-0.2, -0.15) is 5.10 Å². The minimum Gasteiger partial charge on any atom is -0.386 e. The molecule has 1 atom stereocenters. The number of carbonyl (C=O) groups is 1. The molecule has 1 N–H and O–H groups in total. The molecule has 3 rings (SSSR count). The van der Waals surface area contributed by atoms with E-state index < -0.39 is 6.10 Å². The third kappa shape index (κ3) is 4.39. The van der Waals surface area contributed by atoms with Crippen LogP contribution in [0, 0.1) is 0 Å². The number of rotatable bonds is 5. The number of halogens is 1. The molecule has 0 spiro atoms. The normalized spacial score (nSPS) is 15.7. The number of carbonyl (C=O) groups excluding carboxylic acids is 1. The van der Waals surface area contributed by atoms with Crippen LogP contribution in [-0.4, -0.2) is 51.2 Å². The Kier molecular flexibility index (Phi) is 5.42. The van der Waals surface area contributed by atoms with Crippen molar-refractivity contribution in [3.8, 4) is 0 Å². The molecule has 1 aromatic heterocycles. The van der Waals surface area contributed by atoms with Gasteiger partial charge in [-0.25, -0.2) is 0 Å². The van der Waals surface area contributed by atoms with Gasteiger partial charge in [-0.1, -0.05) is 23.7 Å². The van der Waals surface area contributed by atoms with Gasteiger partial charge in [-0.15, -0.1) is 0 Å². The monoisotopic (exact) mass is 362 g/mol. The van der Waals surface area contributed by atoms with Gasteiger partial charge in [0.15, 0.2) is 0 Å². The van der Waals surface area contributed by atoms with Crippen molar-refractivity contribution in [3.05, 3.63) is 52.3 Å². The molecule has 0 radical (unpaired) electrons. The summed E-state index contributed by atoms with van der Waals surface area (Å²) in [4.78, 5) is 15.6. The van der Waals surface area contributed by atoms with Gasteiger partial charge in [0, 0.05) is 38.8 Å². The highest BCUT2D eigenvalue weighted by atomic mass is 35.5. The largest absolute Gasteiger partial charge is 0.386 e. The summed E-state index contributed by atoms with van der Waals surface area (Å²) in [5.41, 5.74) is 2.85. The van der Waals surface area contributed by atoms with E-state index in [1.165, 1.54) is 10.5 Å². The van der Waals surface area contributed by atoms with E-state index in [0.29, 0.717) is 5.69 Å². The summed E-state index contributed by atoms with van der Waals surface area (Å²) in [7, 11) is 3.36. The molecule has 1 aliphatic rings.